The predicted molar refractivity (Wildman–Crippen MR) is 109 cm³/mol. The average Bonchev–Trinajstić information content (AvgIpc) is 3.20. The molecule has 1 heterocycles. The van der Waals surface area contributed by atoms with Gasteiger partial charge in [0.1, 0.15) is 5.52 Å². The molecule has 1 aromatic heterocycles. The van der Waals surface area contributed by atoms with Gasteiger partial charge in [0.05, 0.1) is 0 Å². The van der Waals surface area contributed by atoms with Crippen molar-refractivity contribution in [2.45, 2.75) is 19.1 Å². The number of esters is 1. The van der Waals surface area contributed by atoms with Crippen LogP contribution in [0.3, 0.4) is 0 Å². The van der Waals surface area contributed by atoms with Crippen molar-refractivity contribution in [3.05, 3.63) is 102 Å². The highest BCUT2D eigenvalue weighted by Gasteiger charge is 2.45. The highest BCUT2D eigenvalue weighted by Crippen LogP contribution is 2.35. The molecule has 29 heavy (non-hydrogen) atoms. The quantitative estimate of drug-likeness (QED) is 0.424. The average molecular weight is 387 g/mol. The first-order valence-electron chi connectivity index (χ1n) is 9.50. The number of carbonyl (C=O) groups is 1. The van der Waals surface area contributed by atoms with Crippen molar-refractivity contribution in [3.63, 3.8) is 0 Å². The summed E-state index contributed by atoms with van der Waals surface area (Å²) in [6, 6.07) is 26.2. The molecule has 5 heteroatoms. The number of benzene rings is 3. The van der Waals surface area contributed by atoms with Crippen molar-refractivity contribution in [1.82, 2.24) is 4.98 Å². The number of nitrogens with zero attached hydrogens (tertiary/aromatic N) is 1. The molecule has 0 amide bonds. The summed E-state index contributed by atoms with van der Waals surface area (Å²) in [6.07, 6.45) is 0. The largest absolute Gasteiger partial charge is 0.453 e. The smallest absolute Gasteiger partial charge is 0.348 e. The van der Waals surface area contributed by atoms with Gasteiger partial charge in [-0.2, -0.15) is 0 Å². The lowest BCUT2D eigenvalue weighted by Crippen LogP contribution is -2.41. The molecule has 0 spiro atoms. The van der Waals surface area contributed by atoms with E-state index in [1.54, 1.807) is 0 Å². The fourth-order valence-electron chi connectivity index (χ4n) is 3.40. The molecule has 0 atom stereocenters. The highest BCUT2D eigenvalue weighted by atomic mass is 16.6. The van der Waals surface area contributed by atoms with E-state index in [0.29, 0.717) is 29.2 Å². The topological polar surface area (TPSA) is 61.6 Å². The molecular weight excluding hydrogens is 366 g/mol. The molecule has 0 radical (unpaired) electrons. The van der Waals surface area contributed by atoms with E-state index in [2.05, 4.69) is 4.98 Å². The normalized spacial score (nSPS) is 11.5. The van der Waals surface area contributed by atoms with Gasteiger partial charge in [0, 0.05) is 6.61 Å². The van der Waals surface area contributed by atoms with E-state index in [1.165, 1.54) is 0 Å². The number of rotatable bonds is 7. The van der Waals surface area contributed by atoms with Crippen LogP contribution in [0.5, 0.6) is 0 Å². The second-order valence-electron chi connectivity index (χ2n) is 6.50. The summed E-state index contributed by atoms with van der Waals surface area (Å²) in [5, 5.41) is 0. The maximum atomic E-state index is 13.4. The SMILES string of the molecule is CCOC(C(=O)OCc1nc2ccccc2o1)(c1ccccc1)c1ccccc1. The maximum Gasteiger partial charge on any atom is 0.348 e. The lowest BCUT2D eigenvalue weighted by atomic mass is 9.86. The molecule has 3 aromatic carbocycles. The predicted octanol–water partition coefficient (Wildman–Crippen LogP) is 4.85. The Morgan fingerprint density at radius 3 is 2.07 bits per heavy atom. The van der Waals surface area contributed by atoms with E-state index < -0.39 is 11.6 Å². The van der Waals surface area contributed by atoms with Crippen LogP contribution < -0.4 is 0 Å². The Hall–Kier alpha value is -3.44. The Kier molecular flexibility index (Phi) is 5.40. The van der Waals surface area contributed by atoms with Gasteiger partial charge in [0.15, 0.2) is 12.2 Å². The molecule has 0 saturated carbocycles. The molecule has 0 unspecified atom stereocenters. The first kappa shape index (κ1) is 18.9. The molecule has 4 rings (SSSR count). The van der Waals surface area contributed by atoms with Crippen LogP contribution >= 0.6 is 0 Å². The van der Waals surface area contributed by atoms with Crippen LogP contribution in [-0.2, 0) is 26.5 Å². The van der Waals surface area contributed by atoms with Gasteiger partial charge in [0.2, 0.25) is 11.5 Å². The van der Waals surface area contributed by atoms with Crippen molar-refractivity contribution in [1.29, 1.82) is 0 Å². The molecule has 0 fully saturated rings. The molecule has 0 aliphatic rings. The lowest BCUT2D eigenvalue weighted by molar-refractivity contribution is -0.170. The van der Waals surface area contributed by atoms with Gasteiger partial charge in [-0.15, -0.1) is 0 Å². The molecule has 0 saturated heterocycles. The number of carbonyl (C=O) groups excluding carboxylic acids is 1. The van der Waals surface area contributed by atoms with Crippen LogP contribution in [0.2, 0.25) is 0 Å². The summed E-state index contributed by atoms with van der Waals surface area (Å²) in [7, 11) is 0. The van der Waals surface area contributed by atoms with E-state index in [9.17, 15) is 4.79 Å². The second kappa shape index (κ2) is 8.29. The maximum absolute atomic E-state index is 13.4. The summed E-state index contributed by atoms with van der Waals surface area (Å²) in [5.41, 5.74) is 1.41. The van der Waals surface area contributed by atoms with Crippen molar-refractivity contribution in [3.8, 4) is 0 Å². The van der Waals surface area contributed by atoms with Gasteiger partial charge in [-0.05, 0) is 30.2 Å². The number of hydrogen-bond acceptors (Lipinski definition) is 5. The van der Waals surface area contributed by atoms with Gasteiger partial charge < -0.3 is 13.9 Å². The molecule has 146 valence electrons. The van der Waals surface area contributed by atoms with Crippen LogP contribution in [0, 0.1) is 0 Å². The molecule has 0 aliphatic heterocycles. The number of hydrogen-bond donors (Lipinski definition) is 0. The van der Waals surface area contributed by atoms with E-state index >= 15 is 0 Å². The van der Waals surface area contributed by atoms with Crippen LogP contribution in [0.1, 0.15) is 23.9 Å². The van der Waals surface area contributed by atoms with Crippen LogP contribution in [0.4, 0.5) is 0 Å². The number of aromatic nitrogens is 1. The standard InChI is InChI=1S/C24H21NO4/c1-2-28-24(18-11-5-3-6-12-18,19-13-7-4-8-14-19)23(26)27-17-22-25-20-15-9-10-16-21(20)29-22/h3-16H,2,17H2,1H3. The molecule has 0 aliphatic carbocycles. The van der Waals surface area contributed by atoms with Crippen molar-refractivity contribution in [2.75, 3.05) is 6.61 Å². The summed E-state index contributed by atoms with van der Waals surface area (Å²) < 4.78 is 17.4. The molecule has 0 bridgehead atoms. The van der Waals surface area contributed by atoms with Crippen molar-refractivity contribution < 1.29 is 18.7 Å². The van der Waals surface area contributed by atoms with Gasteiger partial charge >= 0.3 is 5.97 Å². The summed E-state index contributed by atoms with van der Waals surface area (Å²) in [5.74, 6) is -0.176. The van der Waals surface area contributed by atoms with Gasteiger partial charge in [-0.25, -0.2) is 9.78 Å². The van der Waals surface area contributed by atoms with Crippen molar-refractivity contribution in [2.24, 2.45) is 0 Å². The third-order valence-electron chi connectivity index (χ3n) is 4.67. The first-order chi connectivity index (χ1) is 14.2. The van der Waals surface area contributed by atoms with Crippen LogP contribution in [0.25, 0.3) is 11.1 Å². The van der Waals surface area contributed by atoms with E-state index in [4.69, 9.17) is 13.9 Å². The first-order valence-corrected chi connectivity index (χ1v) is 9.50. The van der Waals surface area contributed by atoms with E-state index in [0.717, 1.165) is 5.52 Å². The summed E-state index contributed by atoms with van der Waals surface area (Å²) in [4.78, 5) is 17.8. The summed E-state index contributed by atoms with van der Waals surface area (Å²) >= 11 is 0. The minimum Gasteiger partial charge on any atom is -0.453 e. The zero-order chi connectivity index (χ0) is 20.1. The third-order valence-corrected chi connectivity index (χ3v) is 4.67. The monoisotopic (exact) mass is 387 g/mol. The van der Waals surface area contributed by atoms with E-state index in [-0.39, 0.29) is 6.61 Å². The molecule has 5 nitrogen and oxygen atoms in total. The second-order valence-corrected chi connectivity index (χ2v) is 6.50. The zero-order valence-electron chi connectivity index (χ0n) is 16.1. The van der Waals surface area contributed by atoms with Gasteiger partial charge in [0.25, 0.3) is 0 Å². The number of para-hydroxylation sites is 2. The molecular formula is C24H21NO4. The Morgan fingerprint density at radius 1 is 0.897 bits per heavy atom. The molecule has 0 N–H and O–H groups in total. The lowest BCUT2D eigenvalue weighted by Gasteiger charge is -2.32. The minimum absolute atomic E-state index is 0.0813. The summed E-state index contributed by atoms with van der Waals surface area (Å²) in [6.45, 7) is 2.11. The highest BCUT2D eigenvalue weighted by molar-refractivity contribution is 5.86. The van der Waals surface area contributed by atoms with Gasteiger partial charge in [-0.3, -0.25) is 0 Å². The molecule has 4 aromatic rings. The Labute approximate surface area is 168 Å². The van der Waals surface area contributed by atoms with Crippen LogP contribution in [-0.4, -0.2) is 17.6 Å². The minimum atomic E-state index is -1.37. The Balaban J connectivity index is 1.69. The van der Waals surface area contributed by atoms with Crippen LogP contribution in [0.15, 0.2) is 89.3 Å². The number of ether oxygens (including phenoxy) is 2. The van der Waals surface area contributed by atoms with E-state index in [1.807, 2.05) is 91.9 Å². The Bertz CT molecular complexity index is 1020. The number of oxazole rings is 1. The third kappa shape index (κ3) is 3.65. The van der Waals surface area contributed by atoms with Crippen molar-refractivity contribution >= 4 is 17.1 Å². The fourth-order valence-corrected chi connectivity index (χ4v) is 3.40. The number of fused-ring (bicyclic) bond motifs is 1. The van der Waals surface area contributed by atoms with Gasteiger partial charge in [-0.1, -0.05) is 72.8 Å². The fraction of sp³-hybridized carbons (Fsp3) is 0.167. The zero-order valence-corrected chi connectivity index (χ0v) is 16.1. The Morgan fingerprint density at radius 2 is 1.48 bits per heavy atom.